The third-order valence-corrected chi connectivity index (χ3v) is 3.78. The normalized spacial score (nSPS) is 21.9. The zero-order valence-electron chi connectivity index (χ0n) is 11.9. The Bertz CT molecular complexity index is 414. The summed E-state index contributed by atoms with van der Waals surface area (Å²) in [6, 6.07) is 2.52. The Balaban J connectivity index is 2.13. The summed E-state index contributed by atoms with van der Waals surface area (Å²) in [5, 5.41) is 6.82. The number of nitrogens with one attached hydrogen (secondary N) is 2. The van der Waals surface area contributed by atoms with Crippen molar-refractivity contribution in [3.8, 4) is 0 Å². The molecule has 0 radical (unpaired) electrons. The van der Waals surface area contributed by atoms with Crippen molar-refractivity contribution in [2.75, 3.05) is 17.2 Å². The van der Waals surface area contributed by atoms with E-state index in [0.29, 0.717) is 11.5 Å². The molecule has 18 heavy (non-hydrogen) atoms. The first kappa shape index (κ1) is 13.1. The lowest BCUT2D eigenvalue weighted by Crippen LogP contribution is -2.31. The molecule has 1 aliphatic rings. The molecule has 0 aliphatic heterocycles. The molecular weight excluding hydrogens is 224 g/mol. The van der Waals surface area contributed by atoms with Gasteiger partial charge in [-0.05, 0) is 32.1 Å². The number of rotatable bonds is 4. The van der Waals surface area contributed by atoms with Crippen molar-refractivity contribution in [3.63, 3.8) is 0 Å². The molecule has 1 aromatic rings. The molecule has 0 amide bonds. The average molecular weight is 248 g/mol. The van der Waals surface area contributed by atoms with Gasteiger partial charge in [0.1, 0.15) is 17.5 Å². The SMILES string of the molecule is CCNc1cc(NC2CCCC2(C)C)nc(C)n1. The van der Waals surface area contributed by atoms with E-state index in [-0.39, 0.29) is 0 Å². The lowest BCUT2D eigenvalue weighted by Gasteiger charge is -2.28. The number of nitrogens with zero attached hydrogens (tertiary/aromatic N) is 2. The standard InChI is InChI=1S/C14H24N4/c1-5-15-12-9-13(17-10(2)16-12)18-11-7-6-8-14(11,3)4/h9,11H,5-8H2,1-4H3,(H2,15,16,17,18). The van der Waals surface area contributed by atoms with Gasteiger partial charge in [-0.25, -0.2) is 9.97 Å². The van der Waals surface area contributed by atoms with Crippen molar-refractivity contribution in [2.24, 2.45) is 5.41 Å². The van der Waals surface area contributed by atoms with Crippen LogP contribution in [0.4, 0.5) is 11.6 Å². The first-order chi connectivity index (χ1) is 8.51. The Morgan fingerprint density at radius 3 is 2.67 bits per heavy atom. The van der Waals surface area contributed by atoms with E-state index in [2.05, 4.69) is 41.4 Å². The number of hydrogen-bond acceptors (Lipinski definition) is 4. The van der Waals surface area contributed by atoms with E-state index < -0.39 is 0 Å². The summed E-state index contributed by atoms with van der Waals surface area (Å²) >= 11 is 0. The molecular formula is C14H24N4. The summed E-state index contributed by atoms with van der Waals surface area (Å²) in [7, 11) is 0. The van der Waals surface area contributed by atoms with Crippen LogP contribution in [0.5, 0.6) is 0 Å². The number of aryl methyl sites for hydroxylation is 1. The minimum atomic E-state index is 0.358. The van der Waals surface area contributed by atoms with Crippen LogP contribution in [-0.4, -0.2) is 22.6 Å². The third-order valence-electron chi connectivity index (χ3n) is 3.78. The molecule has 0 aromatic carbocycles. The molecule has 1 aromatic heterocycles. The molecule has 0 spiro atoms. The maximum Gasteiger partial charge on any atom is 0.132 e. The second-order valence-corrected chi connectivity index (χ2v) is 5.79. The van der Waals surface area contributed by atoms with Gasteiger partial charge in [0.25, 0.3) is 0 Å². The Hall–Kier alpha value is -1.32. The highest BCUT2D eigenvalue weighted by molar-refractivity contribution is 5.48. The van der Waals surface area contributed by atoms with Gasteiger partial charge in [0, 0.05) is 18.7 Å². The van der Waals surface area contributed by atoms with Crippen LogP contribution >= 0.6 is 0 Å². The Kier molecular flexibility index (Phi) is 3.73. The second-order valence-electron chi connectivity index (χ2n) is 5.79. The molecule has 1 unspecified atom stereocenters. The smallest absolute Gasteiger partial charge is 0.132 e. The highest BCUT2D eigenvalue weighted by Crippen LogP contribution is 2.38. The largest absolute Gasteiger partial charge is 0.370 e. The fourth-order valence-corrected chi connectivity index (χ4v) is 2.69. The van der Waals surface area contributed by atoms with Crippen molar-refractivity contribution in [2.45, 2.75) is 53.0 Å². The molecule has 4 nitrogen and oxygen atoms in total. The Labute approximate surface area is 110 Å². The summed E-state index contributed by atoms with van der Waals surface area (Å²) in [5.74, 6) is 2.66. The molecule has 0 bridgehead atoms. The minimum absolute atomic E-state index is 0.358. The van der Waals surface area contributed by atoms with Gasteiger partial charge in [-0.15, -0.1) is 0 Å². The monoisotopic (exact) mass is 248 g/mol. The highest BCUT2D eigenvalue weighted by atomic mass is 15.1. The maximum atomic E-state index is 4.48. The molecule has 1 saturated carbocycles. The summed E-state index contributed by atoms with van der Waals surface area (Å²) in [6.07, 6.45) is 3.82. The van der Waals surface area contributed by atoms with E-state index >= 15 is 0 Å². The summed E-state index contributed by atoms with van der Waals surface area (Å²) in [5.41, 5.74) is 0.358. The Morgan fingerprint density at radius 1 is 1.33 bits per heavy atom. The molecule has 1 fully saturated rings. The van der Waals surface area contributed by atoms with Crippen LogP contribution in [-0.2, 0) is 0 Å². The van der Waals surface area contributed by atoms with Crippen LogP contribution in [0.2, 0.25) is 0 Å². The van der Waals surface area contributed by atoms with Crippen molar-refractivity contribution >= 4 is 11.6 Å². The van der Waals surface area contributed by atoms with Crippen molar-refractivity contribution < 1.29 is 0 Å². The summed E-state index contributed by atoms with van der Waals surface area (Å²) < 4.78 is 0. The molecule has 4 heteroatoms. The van der Waals surface area contributed by atoms with Crippen LogP contribution in [0.3, 0.4) is 0 Å². The number of aromatic nitrogens is 2. The van der Waals surface area contributed by atoms with E-state index in [1.165, 1.54) is 19.3 Å². The van der Waals surface area contributed by atoms with Gasteiger partial charge in [0.2, 0.25) is 0 Å². The second kappa shape index (κ2) is 5.12. The quantitative estimate of drug-likeness (QED) is 0.859. The first-order valence-electron chi connectivity index (χ1n) is 6.87. The third kappa shape index (κ3) is 2.92. The molecule has 0 saturated heterocycles. The van der Waals surface area contributed by atoms with Gasteiger partial charge in [0.05, 0.1) is 0 Å². The zero-order chi connectivity index (χ0) is 13.2. The van der Waals surface area contributed by atoms with Crippen LogP contribution < -0.4 is 10.6 Å². The predicted molar refractivity (Wildman–Crippen MR) is 76.0 cm³/mol. The van der Waals surface area contributed by atoms with Crippen LogP contribution in [0.25, 0.3) is 0 Å². The van der Waals surface area contributed by atoms with E-state index in [0.717, 1.165) is 24.0 Å². The van der Waals surface area contributed by atoms with Gasteiger partial charge in [-0.2, -0.15) is 0 Å². The van der Waals surface area contributed by atoms with E-state index in [4.69, 9.17) is 0 Å². The first-order valence-corrected chi connectivity index (χ1v) is 6.87. The van der Waals surface area contributed by atoms with E-state index in [9.17, 15) is 0 Å². The average Bonchev–Trinajstić information content (AvgIpc) is 2.58. The lowest BCUT2D eigenvalue weighted by molar-refractivity contribution is 0.349. The molecule has 1 atom stereocenters. The molecule has 1 heterocycles. The maximum absolute atomic E-state index is 4.48. The van der Waals surface area contributed by atoms with Crippen molar-refractivity contribution in [3.05, 3.63) is 11.9 Å². The molecule has 100 valence electrons. The van der Waals surface area contributed by atoms with Crippen LogP contribution in [0.1, 0.15) is 45.9 Å². The number of anilines is 2. The van der Waals surface area contributed by atoms with Gasteiger partial charge >= 0.3 is 0 Å². The minimum Gasteiger partial charge on any atom is -0.370 e. The van der Waals surface area contributed by atoms with E-state index in [1.807, 2.05) is 13.0 Å². The van der Waals surface area contributed by atoms with Gasteiger partial charge in [0.15, 0.2) is 0 Å². The van der Waals surface area contributed by atoms with E-state index in [1.54, 1.807) is 0 Å². The highest BCUT2D eigenvalue weighted by Gasteiger charge is 2.34. The lowest BCUT2D eigenvalue weighted by atomic mass is 9.87. The van der Waals surface area contributed by atoms with Crippen LogP contribution in [0, 0.1) is 12.3 Å². The van der Waals surface area contributed by atoms with Gasteiger partial charge in [-0.3, -0.25) is 0 Å². The van der Waals surface area contributed by atoms with Crippen molar-refractivity contribution in [1.82, 2.24) is 9.97 Å². The topological polar surface area (TPSA) is 49.8 Å². The number of hydrogen-bond donors (Lipinski definition) is 2. The molecule has 2 N–H and O–H groups in total. The predicted octanol–water partition coefficient (Wildman–Crippen LogP) is 3.21. The zero-order valence-corrected chi connectivity index (χ0v) is 11.9. The van der Waals surface area contributed by atoms with Gasteiger partial charge < -0.3 is 10.6 Å². The summed E-state index contributed by atoms with van der Waals surface area (Å²) in [6.45, 7) is 9.55. The molecule has 2 rings (SSSR count). The molecule has 1 aliphatic carbocycles. The van der Waals surface area contributed by atoms with Crippen molar-refractivity contribution in [1.29, 1.82) is 0 Å². The fraction of sp³-hybridized carbons (Fsp3) is 0.714. The Morgan fingerprint density at radius 2 is 2.06 bits per heavy atom. The van der Waals surface area contributed by atoms with Crippen LogP contribution in [0.15, 0.2) is 6.07 Å². The summed E-state index contributed by atoms with van der Waals surface area (Å²) in [4.78, 5) is 8.86. The fourth-order valence-electron chi connectivity index (χ4n) is 2.69. The van der Waals surface area contributed by atoms with Gasteiger partial charge in [-0.1, -0.05) is 20.3 Å².